The molecule has 0 bridgehead atoms. The van der Waals surface area contributed by atoms with Crippen molar-refractivity contribution in [1.82, 2.24) is 0 Å². The van der Waals surface area contributed by atoms with E-state index in [1.165, 1.54) is 32.9 Å². The SMILES string of the molecule is CCc1sc[n+](-c2cc(C)ccc2Cc2ccccc2)c1CC.[Cl-]. The fourth-order valence-corrected chi connectivity index (χ4v) is 4.12. The van der Waals surface area contributed by atoms with Crippen molar-refractivity contribution in [3.63, 3.8) is 0 Å². The summed E-state index contributed by atoms with van der Waals surface area (Å²) in [6.45, 7) is 6.68. The molecule has 2 aromatic carbocycles. The van der Waals surface area contributed by atoms with Gasteiger partial charge in [-0.25, -0.2) is 0 Å². The molecule has 0 aliphatic heterocycles. The highest BCUT2D eigenvalue weighted by atomic mass is 35.5. The third-order valence-corrected chi connectivity index (χ3v) is 5.43. The average Bonchev–Trinajstić information content (AvgIpc) is 3.00. The largest absolute Gasteiger partial charge is 1.00 e. The molecular formula is C21H24ClNS. The maximum Gasteiger partial charge on any atom is 0.231 e. The molecule has 1 aromatic heterocycles. The molecule has 24 heavy (non-hydrogen) atoms. The van der Waals surface area contributed by atoms with Gasteiger partial charge in [-0.05, 0) is 24.5 Å². The molecule has 0 radical (unpaired) electrons. The van der Waals surface area contributed by atoms with Crippen molar-refractivity contribution in [3.8, 4) is 5.69 Å². The molecule has 1 heterocycles. The Morgan fingerprint density at radius 2 is 1.71 bits per heavy atom. The zero-order chi connectivity index (χ0) is 16.2. The minimum atomic E-state index is 0. The highest BCUT2D eigenvalue weighted by molar-refractivity contribution is 7.09. The Kier molecular flexibility index (Phi) is 6.59. The second-order valence-electron chi connectivity index (χ2n) is 5.96. The molecule has 0 atom stereocenters. The molecule has 0 saturated carbocycles. The van der Waals surface area contributed by atoms with Crippen LogP contribution in [-0.4, -0.2) is 0 Å². The van der Waals surface area contributed by atoms with Gasteiger partial charge in [-0.2, -0.15) is 4.57 Å². The lowest BCUT2D eigenvalue weighted by Crippen LogP contribution is -3.00. The molecule has 0 spiro atoms. The van der Waals surface area contributed by atoms with E-state index in [9.17, 15) is 0 Å². The Morgan fingerprint density at radius 3 is 2.38 bits per heavy atom. The van der Waals surface area contributed by atoms with Crippen LogP contribution in [0.5, 0.6) is 0 Å². The first-order valence-electron chi connectivity index (χ1n) is 8.37. The standard InChI is InChI=1S/C21H24NS.ClH/c1-4-19-21(5-2)23-15-22(19)20-13-16(3)11-12-18(20)14-17-9-7-6-8-10-17;/h6-13,15H,4-5,14H2,1-3H3;1H/q+1;/p-1. The van der Waals surface area contributed by atoms with Crippen molar-refractivity contribution in [2.75, 3.05) is 0 Å². The first kappa shape index (κ1) is 18.7. The molecule has 0 saturated heterocycles. The van der Waals surface area contributed by atoms with Gasteiger partial charge in [0.1, 0.15) is 0 Å². The van der Waals surface area contributed by atoms with E-state index < -0.39 is 0 Å². The summed E-state index contributed by atoms with van der Waals surface area (Å²) in [5, 5.41) is 0. The van der Waals surface area contributed by atoms with Gasteiger partial charge in [0.15, 0.2) is 0 Å². The van der Waals surface area contributed by atoms with Crippen molar-refractivity contribution in [2.24, 2.45) is 0 Å². The summed E-state index contributed by atoms with van der Waals surface area (Å²) in [7, 11) is 0. The molecule has 3 aromatic rings. The molecule has 1 nitrogen and oxygen atoms in total. The molecule has 0 amide bonds. The van der Waals surface area contributed by atoms with Crippen LogP contribution >= 0.6 is 11.3 Å². The normalized spacial score (nSPS) is 10.5. The lowest BCUT2D eigenvalue weighted by Gasteiger charge is -2.07. The monoisotopic (exact) mass is 357 g/mol. The quantitative estimate of drug-likeness (QED) is 0.615. The molecule has 0 unspecified atom stereocenters. The minimum Gasteiger partial charge on any atom is -1.00 e. The van der Waals surface area contributed by atoms with E-state index in [0.717, 1.165) is 19.3 Å². The number of rotatable bonds is 5. The van der Waals surface area contributed by atoms with E-state index in [2.05, 4.69) is 79.4 Å². The molecule has 0 N–H and O–H groups in total. The molecule has 0 aliphatic rings. The van der Waals surface area contributed by atoms with Crippen molar-refractivity contribution < 1.29 is 17.0 Å². The molecule has 3 heteroatoms. The fourth-order valence-electron chi connectivity index (χ4n) is 3.10. The predicted molar refractivity (Wildman–Crippen MR) is 98.6 cm³/mol. The minimum absolute atomic E-state index is 0. The van der Waals surface area contributed by atoms with Crippen LogP contribution in [0.1, 0.15) is 41.1 Å². The first-order valence-corrected chi connectivity index (χ1v) is 9.25. The van der Waals surface area contributed by atoms with E-state index in [4.69, 9.17) is 0 Å². The molecule has 0 fully saturated rings. The average molecular weight is 358 g/mol. The molecule has 3 rings (SSSR count). The van der Waals surface area contributed by atoms with Crippen LogP contribution in [0.25, 0.3) is 5.69 Å². The van der Waals surface area contributed by atoms with Gasteiger partial charge >= 0.3 is 0 Å². The van der Waals surface area contributed by atoms with Crippen LogP contribution < -0.4 is 17.0 Å². The van der Waals surface area contributed by atoms with Gasteiger partial charge in [0, 0.05) is 24.5 Å². The van der Waals surface area contributed by atoms with Crippen LogP contribution in [0, 0.1) is 6.92 Å². The summed E-state index contributed by atoms with van der Waals surface area (Å²) in [4.78, 5) is 1.50. The van der Waals surface area contributed by atoms with Crippen molar-refractivity contribution in [2.45, 2.75) is 40.0 Å². The third-order valence-electron chi connectivity index (χ3n) is 4.31. The smallest absolute Gasteiger partial charge is 0.231 e. The number of nitrogens with zero attached hydrogens (tertiary/aromatic N) is 1. The Morgan fingerprint density at radius 1 is 0.958 bits per heavy atom. The van der Waals surface area contributed by atoms with Gasteiger partial charge in [-0.1, -0.05) is 67.6 Å². The third kappa shape index (κ3) is 3.88. The van der Waals surface area contributed by atoms with Gasteiger partial charge in [-0.15, -0.1) is 0 Å². The second kappa shape index (κ2) is 8.46. The lowest BCUT2D eigenvalue weighted by atomic mass is 10.0. The van der Waals surface area contributed by atoms with Gasteiger partial charge in [0.05, 0.1) is 4.88 Å². The summed E-state index contributed by atoms with van der Waals surface area (Å²) < 4.78 is 2.41. The Bertz CT molecular complexity index is 793. The topological polar surface area (TPSA) is 3.88 Å². The lowest BCUT2D eigenvalue weighted by molar-refractivity contribution is -0.599. The first-order chi connectivity index (χ1) is 11.2. The van der Waals surface area contributed by atoms with Crippen molar-refractivity contribution >= 4 is 11.3 Å². The highest BCUT2D eigenvalue weighted by Crippen LogP contribution is 2.21. The number of thiazole rings is 1. The maximum absolute atomic E-state index is 2.41. The van der Waals surface area contributed by atoms with Gasteiger partial charge in [-0.3, -0.25) is 0 Å². The Labute approximate surface area is 155 Å². The van der Waals surface area contributed by atoms with E-state index >= 15 is 0 Å². The summed E-state index contributed by atoms with van der Waals surface area (Å²) >= 11 is 1.88. The van der Waals surface area contributed by atoms with Crippen LogP contribution in [0.15, 0.2) is 54.0 Å². The number of hydrogen-bond acceptors (Lipinski definition) is 1. The van der Waals surface area contributed by atoms with E-state index in [-0.39, 0.29) is 12.4 Å². The zero-order valence-electron chi connectivity index (χ0n) is 14.6. The highest BCUT2D eigenvalue weighted by Gasteiger charge is 2.22. The van der Waals surface area contributed by atoms with Crippen LogP contribution in [0.3, 0.4) is 0 Å². The summed E-state index contributed by atoms with van der Waals surface area (Å²) in [5.74, 6) is 0. The van der Waals surface area contributed by atoms with Crippen LogP contribution in [-0.2, 0) is 19.3 Å². The second-order valence-corrected chi connectivity index (χ2v) is 6.90. The number of aromatic nitrogens is 1. The van der Waals surface area contributed by atoms with E-state index in [0.29, 0.717) is 0 Å². The number of halogens is 1. The van der Waals surface area contributed by atoms with Crippen LogP contribution in [0.2, 0.25) is 0 Å². The zero-order valence-corrected chi connectivity index (χ0v) is 16.1. The molecule has 126 valence electrons. The van der Waals surface area contributed by atoms with Crippen molar-refractivity contribution in [1.29, 1.82) is 0 Å². The van der Waals surface area contributed by atoms with Gasteiger partial charge in [0.2, 0.25) is 16.9 Å². The number of benzene rings is 2. The predicted octanol–water partition coefficient (Wildman–Crippen LogP) is 2.05. The van der Waals surface area contributed by atoms with Crippen LogP contribution in [0.4, 0.5) is 0 Å². The van der Waals surface area contributed by atoms with E-state index in [1.807, 2.05) is 11.3 Å². The Balaban J connectivity index is 0.00000208. The van der Waals surface area contributed by atoms with Crippen molar-refractivity contribution in [3.05, 3.63) is 81.3 Å². The number of aryl methyl sites for hydroxylation is 2. The molecular weight excluding hydrogens is 334 g/mol. The summed E-state index contributed by atoms with van der Waals surface area (Å²) in [6, 6.07) is 17.6. The van der Waals surface area contributed by atoms with Gasteiger partial charge < -0.3 is 12.4 Å². The van der Waals surface area contributed by atoms with Gasteiger partial charge in [0.25, 0.3) is 0 Å². The molecule has 0 aliphatic carbocycles. The fraction of sp³-hybridized carbons (Fsp3) is 0.286. The summed E-state index contributed by atoms with van der Waals surface area (Å²) in [6.07, 6.45) is 3.16. The Hall–Kier alpha value is -1.64. The van der Waals surface area contributed by atoms with E-state index in [1.54, 1.807) is 0 Å². The number of hydrogen-bond donors (Lipinski definition) is 0. The maximum atomic E-state index is 2.41. The summed E-state index contributed by atoms with van der Waals surface area (Å²) in [5.41, 5.74) is 9.14.